The number of para-hydroxylation sites is 1. The van der Waals surface area contributed by atoms with Crippen LogP contribution in [0.2, 0.25) is 0 Å². The maximum Gasteiger partial charge on any atom is 0.343 e. The highest BCUT2D eigenvalue weighted by molar-refractivity contribution is 5.91. The Hall–Kier alpha value is -2.88. The van der Waals surface area contributed by atoms with Gasteiger partial charge in [0.05, 0.1) is 11.1 Å². The van der Waals surface area contributed by atoms with Crippen LogP contribution in [-0.4, -0.2) is 10.5 Å². The SMILES string of the molecule is CCn1c(=O)c(OC(=O)c2ccccc2)cc2ccccc21. The maximum atomic E-state index is 12.5. The lowest BCUT2D eigenvalue weighted by Crippen LogP contribution is -2.23. The van der Waals surface area contributed by atoms with E-state index in [4.69, 9.17) is 4.74 Å². The summed E-state index contributed by atoms with van der Waals surface area (Å²) in [6.07, 6.45) is 0. The summed E-state index contributed by atoms with van der Waals surface area (Å²) in [5.74, 6) is -0.481. The number of ether oxygens (including phenoxy) is 1. The topological polar surface area (TPSA) is 48.3 Å². The molecule has 0 radical (unpaired) electrons. The Morgan fingerprint density at radius 2 is 1.73 bits per heavy atom. The van der Waals surface area contributed by atoms with Crippen molar-refractivity contribution in [1.82, 2.24) is 4.57 Å². The van der Waals surface area contributed by atoms with E-state index in [1.165, 1.54) is 0 Å². The molecule has 3 aromatic rings. The van der Waals surface area contributed by atoms with Crippen molar-refractivity contribution in [2.75, 3.05) is 0 Å². The van der Waals surface area contributed by atoms with Crippen LogP contribution >= 0.6 is 0 Å². The lowest BCUT2D eigenvalue weighted by molar-refractivity contribution is 0.0732. The second kappa shape index (κ2) is 5.85. The summed E-state index contributed by atoms with van der Waals surface area (Å²) in [7, 11) is 0. The Morgan fingerprint density at radius 1 is 1.05 bits per heavy atom. The van der Waals surface area contributed by atoms with Crippen LogP contribution in [0.25, 0.3) is 10.9 Å². The molecule has 0 N–H and O–H groups in total. The molecule has 110 valence electrons. The molecule has 4 nitrogen and oxygen atoms in total. The summed E-state index contributed by atoms with van der Waals surface area (Å²) in [5.41, 5.74) is 0.943. The first-order valence-electron chi connectivity index (χ1n) is 7.10. The number of aromatic nitrogens is 1. The second-order valence-electron chi connectivity index (χ2n) is 4.87. The quantitative estimate of drug-likeness (QED) is 0.696. The van der Waals surface area contributed by atoms with Crippen molar-refractivity contribution in [3.63, 3.8) is 0 Å². The molecular formula is C18H15NO3. The van der Waals surface area contributed by atoms with E-state index < -0.39 is 5.97 Å². The van der Waals surface area contributed by atoms with Gasteiger partial charge in [-0.3, -0.25) is 4.79 Å². The third kappa shape index (κ3) is 2.51. The van der Waals surface area contributed by atoms with Gasteiger partial charge in [0.25, 0.3) is 5.56 Å². The van der Waals surface area contributed by atoms with Gasteiger partial charge in [0, 0.05) is 11.9 Å². The lowest BCUT2D eigenvalue weighted by Gasteiger charge is -2.11. The van der Waals surface area contributed by atoms with Crippen molar-refractivity contribution in [3.8, 4) is 5.75 Å². The van der Waals surface area contributed by atoms with Crippen LogP contribution in [0.1, 0.15) is 17.3 Å². The predicted octanol–water partition coefficient (Wildman–Crippen LogP) is 3.24. The molecule has 0 unspecified atom stereocenters. The van der Waals surface area contributed by atoms with Gasteiger partial charge in [-0.1, -0.05) is 36.4 Å². The van der Waals surface area contributed by atoms with Gasteiger partial charge < -0.3 is 9.30 Å². The van der Waals surface area contributed by atoms with E-state index in [2.05, 4.69) is 0 Å². The number of nitrogens with zero attached hydrogens (tertiary/aromatic N) is 1. The fourth-order valence-electron chi connectivity index (χ4n) is 2.42. The van der Waals surface area contributed by atoms with Crippen molar-refractivity contribution >= 4 is 16.9 Å². The Labute approximate surface area is 127 Å². The van der Waals surface area contributed by atoms with E-state index >= 15 is 0 Å². The van der Waals surface area contributed by atoms with Gasteiger partial charge in [-0.2, -0.15) is 0 Å². The van der Waals surface area contributed by atoms with Gasteiger partial charge in [0.1, 0.15) is 0 Å². The predicted molar refractivity (Wildman–Crippen MR) is 85.3 cm³/mol. The number of rotatable bonds is 3. The maximum absolute atomic E-state index is 12.5. The fourth-order valence-corrected chi connectivity index (χ4v) is 2.42. The van der Waals surface area contributed by atoms with Crippen LogP contribution in [0, 0.1) is 0 Å². The van der Waals surface area contributed by atoms with E-state index in [1.54, 1.807) is 34.9 Å². The number of hydrogen-bond acceptors (Lipinski definition) is 3. The number of carbonyl (C=O) groups is 1. The van der Waals surface area contributed by atoms with Crippen molar-refractivity contribution < 1.29 is 9.53 Å². The molecule has 3 rings (SSSR count). The number of carbonyl (C=O) groups excluding carboxylic acids is 1. The van der Waals surface area contributed by atoms with Crippen molar-refractivity contribution in [2.45, 2.75) is 13.5 Å². The Balaban J connectivity index is 2.06. The number of aryl methyl sites for hydroxylation is 1. The molecule has 4 heteroatoms. The minimum atomic E-state index is -0.532. The Morgan fingerprint density at radius 3 is 2.45 bits per heavy atom. The zero-order valence-corrected chi connectivity index (χ0v) is 12.2. The van der Waals surface area contributed by atoms with E-state index in [0.29, 0.717) is 12.1 Å². The molecule has 0 spiro atoms. The molecule has 0 aliphatic heterocycles. The molecule has 0 amide bonds. The third-order valence-electron chi connectivity index (χ3n) is 3.50. The number of hydrogen-bond donors (Lipinski definition) is 0. The van der Waals surface area contributed by atoms with Gasteiger partial charge in [0.15, 0.2) is 5.75 Å². The fraction of sp³-hybridized carbons (Fsp3) is 0.111. The zero-order valence-electron chi connectivity index (χ0n) is 12.2. The highest BCUT2D eigenvalue weighted by Gasteiger charge is 2.14. The smallest absolute Gasteiger partial charge is 0.343 e. The lowest BCUT2D eigenvalue weighted by atomic mass is 10.2. The summed E-state index contributed by atoms with van der Waals surface area (Å²) >= 11 is 0. The van der Waals surface area contributed by atoms with Gasteiger partial charge in [-0.15, -0.1) is 0 Å². The molecule has 0 saturated heterocycles. The van der Waals surface area contributed by atoms with Gasteiger partial charge in [-0.25, -0.2) is 4.79 Å². The average Bonchev–Trinajstić information content (AvgIpc) is 2.56. The summed E-state index contributed by atoms with van der Waals surface area (Å²) in [5, 5.41) is 0.861. The number of fused-ring (bicyclic) bond motifs is 1. The Bertz CT molecular complexity index is 882. The summed E-state index contributed by atoms with van der Waals surface area (Å²) in [6.45, 7) is 2.40. The van der Waals surface area contributed by atoms with Gasteiger partial charge in [-0.05, 0) is 31.2 Å². The molecule has 0 aliphatic rings. The number of esters is 1. The first kappa shape index (κ1) is 14.1. The van der Waals surface area contributed by atoms with E-state index in [0.717, 1.165) is 10.9 Å². The molecule has 2 aromatic carbocycles. The van der Waals surface area contributed by atoms with Crippen molar-refractivity contribution in [2.24, 2.45) is 0 Å². The minimum Gasteiger partial charge on any atom is -0.417 e. The molecule has 1 heterocycles. The summed E-state index contributed by atoms with van der Waals surface area (Å²) in [6, 6.07) is 17.8. The van der Waals surface area contributed by atoms with Crippen LogP contribution < -0.4 is 10.3 Å². The third-order valence-corrected chi connectivity index (χ3v) is 3.50. The standard InChI is InChI=1S/C18H15NO3/c1-2-19-15-11-7-6-10-14(15)12-16(17(19)20)22-18(21)13-8-4-3-5-9-13/h3-12H,2H2,1H3. The van der Waals surface area contributed by atoms with Gasteiger partial charge in [0.2, 0.25) is 0 Å². The van der Waals surface area contributed by atoms with Gasteiger partial charge >= 0.3 is 5.97 Å². The van der Waals surface area contributed by atoms with Crippen molar-refractivity contribution in [3.05, 3.63) is 76.6 Å². The van der Waals surface area contributed by atoms with Crippen LogP contribution in [0.15, 0.2) is 65.5 Å². The van der Waals surface area contributed by atoms with E-state index in [9.17, 15) is 9.59 Å². The largest absolute Gasteiger partial charge is 0.417 e. The average molecular weight is 293 g/mol. The van der Waals surface area contributed by atoms with Crippen LogP contribution in [0.5, 0.6) is 5.75 Å². The summed E-state index contributed by atoms with van der Waals surface area (Å²) in [4.78, 5) is 24.6. The molecular weight excluding hydrogens is 278 g/mol. The van der Waals surface area contributed by atoms with E-state index in [-0.39, 0.29) is 11.3 Å². The minimum absolute atomic E-state index is 0.0504. The summed E-state index contributed by atoms with van der Waals surface area (Å²) < 4.78 is 6.91. The first-order valence-corrected chi connectivity index (χ1v) is 7.10. The van der Waals surface area contributed by atoms with Crippen molar-refractivity contribution in [1.29, 1.82) is 0 Å². The number of benzene rings is 2. The highest BCUT2D eigenvalue weighted by atomic mass is 16.5. The second-order valence-corrected chi connectivity index (χ2v) is 4.87. The van der Waals surface area contributed by atoms with Crippen LogP contribution in [-0.2, 0) is 6.54 Å². The Kier molecular flexibility index (Phi) is 3.74. The molecule has 0 saturated carbocycles. The highest BCUT2D eigenvalue weighted by Crippen LogP contribution is 2.18. The first-order chi connectivity index (χ1) is 10.7. The molecule has 1 aromatic heterocycles. The van der Waals surface area contributed by atoms with Crippen LogP contribution in [0.3, 0.4) is 0 Å². The number of pyridine rings is 1. The zero-order chi connectivity index (χ0) is 15.5. The molecule has 0 bridgehead atoms. The van der Waals surface area contributed by atoms with Crippen LogP contribution in [0.4, 0.5) is 0 Å². The molecule has 22 heavy (non-hydrogen) atoms. The monoisotopic (exact) mass is 293 g/mol. The molecule has 0 atom stereocenters. The molecule has 0 fully saturated rings. The normalized spacial score (nSPS) is 10.6. The van der Waals surface area contributed by atoms with E-state index in [1.807, 2.05) is 37.3 Å². The molecule has 0 aliphatic carbocycles.